The number of aryl methyl sites for hydroxylation is 2. The predicted molar refractivity (Wildman–Crippen MR) is 203 cm³/mol. The molecule has 0 atom stereocenters. The quantitative estimate of drug-likeness (QED) is 0.0675. The minimum absolute atomic E-state index is 0. The number of alkyl halides is 1. The largest absolute Gasteiger partial charge is 1.00 e. The average Bonchev–Trinajstić information content (AvgIpc) is 3.05. The Morgan fingerprint density at radius 1 is 0.660 bits per heavy atom. The molecule has 262 valence electrons. The van der Waals surface area contributed by atoms with Gasteiger partial charge in [0.25, 0.3) is 0 Å². The second-order valence-corrected chi connectivity index (χ2v) is 14.1. The number of hydrogen-bond acceptors (Lipinski definition) is 3. The maximum Gasteiger partial charge on any atom is 1.00 e. The van der Waals surface area contributed by atoms with E-state index in [1.54, 1.807) is 25.1 Å². The van der Waals surface area contributed by atoms with E-state index in [2.05, 4.69) is 84.5 Å². The zero-order valence-electron chi connectivity index (χ0n) is 25.9. The fourth-order valence-corrected chi connectivity index (χ4v) is 6.33. The first-order valence-corrected chi connectivity index (χ1v) is 18.4. The van der Waals surface area contributed by atoms with Crippen LogP contribution in [0.15, 0.2) is 66.4 Å². The third-order valence-corrected chi connectivity index (χ3v) is 9.74. The van der Waals surface area contributed by atoms with Crippen LogP contribution in [0.3, 0.4) is 0 Å². The number of halogens is 13. The summed E-state index contributed by atoms with van der Waals surface area (Å²) in [5.41, 5.74) is 2.87. The zero-order chi connectivity index (χ0) is 38.4. The van der Waals surface area contributed by atoms with Crippen molar-refractivity contribution in [2.45, 2.75) is 32.1 Å². The van der Waals surface area contributed by atoms with Crippen LogP contribution in [-0.4, -0.2) is 6.15 Å². The van der Waals surface area contributed by atoms with Crippen molar-refractivity contribution in [1.29, 1.82) is 5.26 Å². The summed E-state index contributed by atoms with van der Waals surface area (Å²) in [6.45, 7) is 15.2. The van der Waals surface area contributed by atoms with Crippen molar-refractivity contribution in [3.8, 4) is 0 Å². The molecular weight excluding hydrogens is 1100 g/mol. The maximum atomic E-state index is 12.9. The Bertz CT molecular complexity index is 1690. The van der Waals surface area contributed by atoms with E-state index in [0.717, 1.165) is 23.1 Å². The minimum atomic E-state index is -0.391. The van der Waals surface area contributed by atoms with Gasteiger partial charge in [0.1, 0.15) is 23.3 Å². The van der Waals surface area contributed by atoms with E-state index in [1.807, 2.05) is 6.92 Å². The number of benzene rings is 4. The second-order valence-electron chi connectivity index (χ2n) is 8.48. The van der Waals surface area contributed by atoms with E-state index in [0.29, 0.717) is 48.9 Å². The molecule has 0 fully saturated rings. The van der Waals surface area contributed by atoms with Crippen LogP contribution in [-0.2, 0) is 27.9 Å². The number of nitrogens with zero attached hydrogens (tertiary/aromatic N) is 2. The van der Waals surface area contributed by atoms with Crippen LogP contribution >= 0.6 is 126 Å². The first-order valence-electron chi connectivity index (χ1n) is 12.6. The number of hydrogen-bond donors (Lipinski definition) is 0. The van der Waals surface area contributed by atoms with Crippen LogP contribution in [0.25, 0.3) is 4.85 Å². The molecule has 0 spiro atoms. The SMILES string of the molecule is CCc1cc(F)c(Br)cc1Cl.Cc1cc(F)c(Br)cc1Cl.Fc1cc(CBr)c(Cl)cc1Br.O=C=O.[C-]#N.[C-]#[N+]Cc1cc(F)c(Br)cc1Cl.[K+]. The normalized spacial score (nSPS) is 8.96. The summed E-state index contributed by atoms with van der Waals surface area (Å²) in [5, 5.41) is 8.99. The third kappa shape index (κ3) is 21.1. The van der Waals surface area contributed by atoms with Gasteiger partial charge in [0, 0.05) is 20.4 Å². The summed E-state index contributed by atoms with van der Waals surface area (Å²) >= 11 is 38.3. The molecule has 0 amide bonds. The Labute approximate surface area is 392 Å². The molecule has 0 bridgehead atoms. The van der Waals surface area contributed by atoms with Crippen LogP contribution in [0.5, 0.6) is 0 Å². The Kier molecular flexibility index (Phi) is 33.2. The minimum Gasteiger partial charge on any atom is -0.512 e. The van der Waals surface area contributed by atoms with Crippen molar-refractivity contribution < 1.29 is 78.5 Å². The first-order chi connectivity index (χ1) is 23.0. The molecule has 0 aromatic heterocycles. The molecule has 18 heteroatoms. The standard InChI is InChI=1S/C8H4BrClFN.C8H7BrClF.C7H4Br2ClF.C7H5BrClF.CN.CO2.K/c1-12-4-5-2-8(11)6(9)3-7(5)10;1-2-5-3-8(11)6(9)4-7(5)10;8-3-4-1-7(11)5(9)2-6(4)10;1-4-2-7(10)5(8)3-6(4)9;1-2;2-1-3;/h2-3H,4H2;3-4H,2H2,1H3;1-2H,3H2;2-3H,1H3;;;/q;;;;-1;;+1. The van der Waals surface area contributed by atoms with Crippen LogP contribution < -0.4 is 51.4 Å². The van der Waals surface area contributed by atoms with Gasteiger partial charge in [-0.05, 0) is 142 Å². The molecule has 0 unspecified atom stereocenters. The van der Waals surface area contributed by atoms with E-state index in [4.69, 9.17) is 74.4 Å². The average molecular weight is 1120 g/mol. The summed E-state index contributed by atoms with van der Waals surface area (Å²) in [7, 11) is 0. The van der Waals surface area contributed by atoms with Gasteiger partial charge < -0.3 is 16.7 Å². The van der Waals surface area contributed by atoms with Gasteiger partial charge in [-0.1, -0.05) is 69.3 Å². The molecule has 0 saturated carbocycles. The van der Waals surface area contributed by atoms with Crippen molar-refractivity contribution >= 4 is 132 Å². The Morgan fingerprint density at radius 2 is 0.960 bits per heavy atom. The fourth-order valence-electron chi connectivity index (χ4n) is 2.89. The van der Waals surface area contributed by atoms with Gasteiger partial charge in [0.05, 0.1) is 28.5 Å². The third-order valence-electron chi connectivity index (χ3n) is 5.24. The van der Waals surface area contributed by atoms with E-state index in [-0.39, 0.29) is 81.5 Å². The summed E-state index contributed by atoms with van der Waals surface area (Å²) < 4.78 is 52.7. The molecule has 0 aliphatic carbocycles. The molecule has 50 heavy (non-hydrogen) atoms. The van der Waals surface area contributed by atoms with Crippen molar-refractivity contribution in [3.63, 3.8) is 0 Å². The van der Waals surface area contributed by atoms with Gasteiger partial charge >= 0.3 is 57.5 Å². The van der Waals surface area contributed by atoms with E-state index in [1.165, 1.54) is 30.3 Å². The summed E-state index contributed by atoms with van der Waals surface area (Å²) in [6.07, 6.45) is 1.00. The molecule has 0 aliphatic rings. The topological polar surface area (TPSA) is 62.3 Å². The van der Waals surface area contributed by atoms with Gasteiger partial charge in [0.15, 0.2) is 0 Å². The zero-order valence-corrected chi connectivity index (χ0v) is 39.9. The van der Waals surface area contributed by atoms with Crippen LogP contribution in [0.1, 0.15) is 29.2 Å². The van der Waals surface area contributed by atoms with E-state index in [9.17, 15) is 17.6 Å². The molecule has 0 saturated heterocycles. The van der Waals surface area contributed by atoms with Crippen LogP contribution in [0, 0.1) is 48.6 Å². The van der Waals surface area contributed by atoms with Gasteiger partial charge in [-0.3, -0.25) is 0 Å². The summed E-state index contributed by atoms with van der Waals surface area (Å²) in [4.78, 5) is 19.4. The fraction of sp³-hybridized carbons (Fsp3) is 0.156. The molecule has 4 nitrogen and oxygen atoms in total. The van der Waals surface area contributed by atoms with Crippen molar-refractivity contribution in [3.05, 3.63) is 150 Å². The van der Waals surface area contributed by atoms with Gasteiger partial charge in [-0.2, -0.15) is 9.59 Å². The molecule has 4 aromatic rings. The molecule has 4 rings (SSSR count). The summed E-state index contributed by atoms with van der Waals surface area (Å²) in [6, 6.07) is 11.7. The monoisotopic (exact) mass is 1110 g/mol. The van der Waals surface area contributed by atoms with Gasteiger partial charge in [-0.15, -0.1) is 0 Å². The van der Waals surface area contributed by atoms with Gasteiger partial charge in [-0.25, -0.2) is 24.1 Å². The van der Waals surface area contributed by atoms with E-state index < -0.39 is 5.82 Å². The Balaban J connectivity index is -0.000000561. The number of carbonyl (C=O) groups excluding carboxylic acids is 2. The molecule has 0 heterocycles. The van der Waals surface area contributed by atoms with Gasteiger partial charge in [0.2, 0.25) is 6.54 Å². The van der Waals surface area contributed by atoms with Crippen molar-refractivity contribution in [1.82, 2.24) is 0 Å². The Morgan fingerprint density at radius 3 is 1.30 bits per heavy atom. The van der Waals surface area contributed by atoms with Crippen molar-refractivity contribution in [2.75, 3.05) is 0 Å². The van der Waals surface area contributed by atoms with Crippen LogP contribution in [0.2, 0.25) is 20.1 Å². The Hall–Kier alpha value is 0.156. The smallest absolute Gasteiger partial charge is 0.512 e. The maximum absolute atomic E-state index is 12.9. The van der Waals surface area contributed by atoms with Crippen molar-refractivity contribution in [2.24, 2.45) is 0 Å². The second kappa shape index (κ2) is 30.5. The molecule has 0 N–H and O–H groups in total. The molecule has 0 radical (unpaired) electrons. The first kappa shape index (κ1) is 54.5. The number of rotatable bonds is 3. The molecule has 4 aromatic carbocycles. The molecule has 0 aliphatic heterocycles. The predicted octanol–water partition coefficient (Wildman–Crippen LogP) is 11.7. The van der Waals surface area contributed by atoms with Crippen LogP contribution in [0.4, 0.5) is 17.6 Å². The summed E-state index contributed by atoms with van der Waals surface area (Å²) in [5.74, 6) is -1.21. The van der Waals surface area contributed by atoms with E-state index >= 15 is 0 Å². The molecular formula is C32H20Br5Cl4F4KN2O2.